The lowest BCUT2D eigenvalue weighted by Crippen LogP contribution is -1.93. The number of ketones is 1. The van der Waals surface area contributed by atoms with Crippen molar-refractivity contribution in [2.75, 3.05) is 7.11 Å². The Morgan fingerprint density at radius 3 is 2.06 bits per heavy atom. The standard InChI is InChI=1S/C11H14O2.C2H6.CH2O2/c1-9(12)3-4-10-5-7-11(13-2)8-6-10;1-2;2-1-3/h5-8H,3-4H2,1-2H3;1-2H3;1H,(H,2,3). The van der Waals surface area contributed by atoms with Gasteiger partial charge in [0.15, 0.2) is 0 Å². The predicted octanol–water partition coefficient (Wildman–Crippen LogP) is 2.94. The van der Waals surface area contributed by atoms with Crippen molar-refractivity contribution in [2.45, 2.75) is 33.6 Å². The van der Waals surface area contributed by atoms with Crippen LogP contribution in [0.15, 0.2) is 24.3 Å². The van der Waals surface area contributed by atoms with Crippen molar-refractivity contribution in [2.24, 2.45) is 0 Å². The summed E-state index contributed by atoms with van der Waals surface area (Å²) < 4.78 is 5.03. The molecule has 0 unspecified atom stereocenters. The van der Waals surface area contributed by atoms with Gasteiger partial charge in [0.05, 0.1) is 7.11 Å². The molecule has 0 aromatic heterocycles. The van der Waals surface area contributed by atoms with E-state index in [9.17, 15) is 4.79 Å². The van der Waals surface area contributed by atoms with Crippen LogP contribution in [-0.2, 0) is 16.0 Å². The van der Waals surface area contributed by atoms with Crippen LogP contribution in [0.25, 0.3) is 0 Å². The van der Waals surface area contributed by atoms with Gasteiger partial charge >= 0.3 is 0 Å². The third-order valence-corrected chi connectivity index (χ3v) is 1.92. The molecule has 0 aliphatic carbocycles. The number of hydrogen-bond donors (Lipinski definition) is 1. The number of Topliss-reactive ketones (excluding diaryl/α,β-unsaturated/α-hetero) is 1. The normalized spacial score (nSPS) is 8.00. The SMILES string of the molecule is CC.COc1ccc(CCC(C)=O)cc1.O=CO. The molecule has 0 saturated heterocycles. The minimum absolute atomic E-state index is 0.232. The first kappa shape index (κ1) is 18.5. The van der Waals surface area contributed by atoms with Crippen LogP contribution in [0, 0.1) is 0 Å². The van der Waals surface area contributed by atoms with Crippen molar-refractivity contribution in [3.8, 4) is 5.75 Å². The summed E-state index contributed by atoms with van der Waals surface area (Å²) >= 11 is 0. The first-order valence-corrected chi connectivity index (χ1v) is 5.84. The fourth-order valence-corrected chi connectivity index (χ4v) is 1.11. The third kappa shape index (κ3) is 10.7. The number of aryl methyl sites for hydroxylation is 1. The molecule has 0 aliphatic rings. The quantitative estimate of drug-likeness (QED) is 0.839. The summed E-state index contributed by atoms with van der Waals surface area (Å²) in [4.78, 5) is 19.1. The predicted molar refractivity (Wildman–Crippen MR) is 72.0 cm³/mol. The number of rotatable bonds is 4. The summed E-state index contributed by atoms with van der Waals surface area (Å²) in [6.07, 6.45) is 1.44. The third-order valence-electron chi connectivity index (χ3n) is 1.92. The van der Waals surface area contributed by atoms with E-state index in [0.717, 1.165) is 12.2 Å². The van der Waals surface area contributed by atoms with E-state index in [4.69, 9.17) is 14.6 Å². The Morgan fingerprint density at radius 1 is 1.28 bits per heavy atom. The average Bonchev–Trinajstić information content (AvgIpc) is 2.40. The Bertz CT molecular complexity index is 317. The van der Waals surface area contributed by atoms with Crippen molar-refractivity contribution in [3.63, 3.8) is 0 Å². The Labute approximate surface area is 109 Å². The Kier molecular flexibility index (Phi) is 13.6. The Morgan fingerprint density at radius 2 is 1.72 bits per heavy atom. The fourth-order valence-electron chi connectivity index (χ4n) is 1.11. The maximum atomic E-state index is 10.7. The summed E-state index contributed by atoms with van der Waals surface area (Å²) in [5.74, 6) is 1.09. The summed E-state index contributed by atoms with van der Waals surface area (Å²) in [5, 5.41) is 6.89. The van der Waals surface area contributed by atoms with Gasteiger partial charge in [0, 0.05) is 6.42 Å². The Hall–Kier alpha value is -1.84. The van der Waals surface area contributed by atoms with E-state index in [0.29, 0.717) is 6.42 Å². The second-order valence-electron chi connectivity index (χ2n) is 3.16. The molecule has 0 atom stereocenters. The van der Waals surface area contributed by atoms with Gasteiger partial charge in [-0.25, -0.2) is 0 Å². The van der Waals surface area contributed by atoms with Gasteiger partial charge in [-0.3, -0.25) is 4.79 Å². The lowest BCUT2D eigenvalue weighted by molar-refractivity contribution is -0.123. The zero-order chi connectivity index (χ0) is 14.4. The van der Waals surface area contributed by atoms with E-state index >= 15 is 0 Å². The topological polar surface area (TPSA) is 63.6 Å². The summed E-state index contributed by atoms with van der Waals surface area (Å²) in [5.41, 5.74) is 1.18. The van der Waals surface area contributed by atoms with E-state index in [1.54, 1.807) is 14.0 Å². The number of carbonyl (C=O) groups is 2. The molecule has 0 aliphatic heterocycles. The number of carbonyl (C=O) groups excluding carboxylic acids is 1. The maximum Gasteiger partial charge on any atom is 0.290 e. The molecule has 1 N–H and O–H groups in total. The molecule has 102 valence electrons. The smallest absolute Gasteiger partial charge is 0.290 e. The van der Waals surface area contributed by atoms with Gasteiger partial charge in [-0.1, -0.05) is 26.0 Å². The molecule has 0 heterocycles. The van der Waals surface area contributed by atoms with Gasteiger partial charge < -0.3 is 14.6 Å². The van der Waals surface area contributed by atoms with E-state index in [1.165, 1.54) is 5.56 Å². The molecule has 0 spiro atoms. The zero-order valence-corrected chi connectivity index (χ0v) is 11.5. The molecule has 4 nitrogen and oxygen atoms in total. The molecule has 0 bridgehead atoms. The molecular weight excluding hydrogens is 232 g/mol. The number of hydrogen-bond acceptors (Lipinski definition) is 3. The monoisotopic (exact) mass is 254 g/mol. The molecule has 0 amide bonds. The fraction of sp³-hybridized carbons (Fsp3) is 0.429. The highest BCUT2D eigenvalue weighted by Gasteiger charge is 1.96. The average molecular weight is 254 g/mol. The number of carboxylic acid groups (broad SMARTS) is 1. The van der Waals surface area contributed by atoms with Crippen molar-refractivity contribution < 1.29 is 19.4 Å². The summed E-state index contributed by atoms with van der Waals surface area (Å²) in [6.45, 7) is 5.36. The molecule has 1 rings (SSSR count). The van der Waals surface area contributed by atoms with Crippen LogP contribution >= 0.6 is 0 Å². The van der Waals surface area contributed by atoms with Crippen LogP contribution < -0.4 is 4.74 Å². The van der Waals surface area contributed by atoms with E-state index < -0.39 is 0 Å². The van der Waals surface area contributed by atoms with Crippen molar-refractivity contribution in [1.29, 1.82) is 0 Å². The molecular formula is C14H22O4. The molecule has 0 fully saturated rings. The van der Waals surface area contributed by atoms with Crippen molar-refractivity contribution >= 4 is 12.3 Å². The first-order chi connectivity index (χ1) is 8.63. The van der Waals surface area contributed by atoms with Gasteiger partial charge in [0.1, 0.15) is 11.5 Å². The van der Waals surface area contributed by atoms with Crippen LogP contribution in [0.5, 0.6) is 5.75 Å². The summed E-state index contributed by atoms with van der Waals surface area (Å²) in [7, 11) is 1.64. The van der Waals surface area contributed by atoms with Gasteiger partial charge in [0.25, 0.3) is 6.47 Å². The van der Waals surface area contributed by atoms with E-state index in [-0.39, 0.29) is 12.3 Å². The van der Waals surface area contributed by atoms with E-state index in [1.807, 2.05) is 38.1 Å². The van der Waals surface area contributed by atoms with Gasteiger partial charge in [-0.2, -0.15) is 0 Å². The second kappa shape index (κ2) is 13.2. The summed E-state index contributed by atoms with van der Waals surface area (Å²) in [6, 6.07) is 7.80. The van der Waals surface area contributed by atoms with Gasteiger partial charge in [0.2, 0.25) is 0 Å². The zero-order valence-electron chi connectivity index (χ0n) is 11.5. The largest absolute Gasteiger partial charge is 0.497 e. The maximum absolute atomic E-state index is 10.7. The minimum atomic E-state index is -0.250. The first-order valence-electron chi connectivity index (χ1n) is 5.84. The van der Waals surface area contributed by atoms with Crippen LogP contribution in [0.4, 0.5) is 0 Å². The van der Waals surface area contributed by atoms with Crippen LogP contribution in [0.1, 0.15) is 32.8 Å². The number of ether oxygens (including phenoxy) is 1. The number of benzene rings is 1. The van der Waals surface area contributed by atoms with Crippen LogP contribution in [0.2, 0.25) is 0 Å². The lowest BCUT2D eigenvalue weighted by atomic mass is 10.1. The Balaban J connectivity index is 0. The highest BCUT2D eigenvalue weighted by atomic mass is 16.5. The highest BCUT2D eigenvalue weighted by Crippen LogP contribution is 2.12. The van der Waals surface area contributed by atoms with E-state index in [2.05, 4.69) is 0 Å². The molecule has 18 heavy (non-hydrogen) atoms. The highest BCUT2D eigenvalue weighted by molar-refractivity contribution is 5.75. The lowest BCUT2D eigenvalue weighted by Gasteiger charge is -2.01. The molecule has 1 aromatic carbocycles. The number of methoxy groups -OCH3 is 1. The molecule has 4 heteroatoms. The van der Waals surface area contributed by atoms with Crippen molar-refractivity contribution in [1.82, 2.24) is 0 Å². The molecule has 0 radical (unpaired) electrons. The second-order valence-corrected chi connectivity index (χ2v) is 3.16. The van der Waals surface area contributed by atoms with Gasteiger partial charge in [-0.15, -0.1) is 0 Å². The van der Waals surface area contributed by atoms with Crippen LogP contribution in [-0.4, -0.2) is 24.5 Å². The molecule has 0 saturated carbocycles. The van der Waals surface area contributed by atoms with Crippen molar-refractivity contribution in [3.05, 3.63) is 29.8 Å². The van der Waals surface area contributed by atoms with Crippen LogP contribution in [0.3, 0.4) is 0 Å². The molecule has 1 aromatic rings. The minimum Gasteiger partial charge on any atom is -0.497 e. The van der Waals surface area contributed by atoms with Gasteiger partial charge in [-0.05, 0) is 31.0 Å².